The second-order valence-electron chi connectivity index (χ2n) is 5.32. The van der Waals surface area contributed by atoms with Gasteiger partial charge in [0.25, 0.3) is 0 Å². The first-order valence-corrected chi connectivity index (χ1v) is 11.1. The summed E-state index contributed by atoms with van der Waals surface area (Å²) in [4.78, 5) is 25.7. The van der Waals surface area contributed by atoms with Gasteiger partial charge in [0, 0.05) is 28.2 Å². The molecule has 0 aliphatic carbocycles. The van der Waals surface area contributed by atoms with Crippen molar-refractivity contribution in [1.82, 2.24) is 9.97 Å². The van der Waals surface area contributed by atoms with E-state index in [1.807, 2.05) is 0 Å². The molecule has 0 spiro atoms. The lowest BCUT2D eigenvalue weighted by molar-refractivity contribution is 0.0558. The number of hydrogen-bond donors (Lipinski definition) is 4. The molecule has 0 aliphatic rings. The van der Waals surface area contributed by atoms with Crippen LogP contribution in [-0.4, -0.2) is 40.5 Å². The number of alkyl halides is 2. The minimum Gasteiger partial charge on any atom is -0.354 e. The molecule has 0 unspecified atom stereocenters. The fraction of sp³-hybridized carbons (Fsp3) is 0.333. The Bertz CT molecular complexity index is 985. The van der Waals surface area contributed by atoms with Crippen molar-refractivity contribution in [2.45, 2.75) is 12.1 Å². The summed E-state index contributed by atoms with van der Waals surface area (Å²) in [6.07, 6.45) is 1.51. The van der Waals surface area contributed by atoms with Crippen LogP contribution in [0.4, 0.5) is 14.7 Å². The molecule has 0 atom stereocenters. The Morgan fingerprint density at radius 3 is 2.58 bits per heavy atom. The first-order chi connectivity index (χ1) is 11.8. The number of anilines is 1. The molecule has 2 aromatic rings. The van der Waals surface area contributed by atoms with Crippen LogP contribution in [0.25, 0.3) is 10.9 Å². The van der Waals surface area contributed by atoms with Gasteiger partial charge in [-0.15, -0.1) is 0 Å². The van der Waals surface area contributed by atoms with E-state index in [9.17, 15) is 21.8 Å². The second kappa shape index (κ2) is 7.41. The zero-order valence-electron chi connectivity index (χ0n) is 12.9. The van der Waals surface area contributed by atoms with Gasteiger partial charge in [0.1, 0.15) is 0 Å². The number of primary sulfonamides is 1. The third kappa shape index (κ3) is 4.93. The minimum atomic E-state index is -5.74. The summed E-state index contributed by atoms with van der Waals surface area (Å²) in [7, 11) is -9.33. The maximum atomic E-state index is 14.0. The first-order valence-electron chi connectivity index (χ1n) is 6.96. The van der Waals surface area contributed by atoms with Crippen molar-refractivity contribution >= 4 is 50.4 Å². The lowest BCUT2D eigenvalue weighted by Crippen LogP contribution is -2.19. The fourth-order valence-electron chi connectivity index (χ4n) is 2.00. The normalized spacial score (nSPS) is 13.2. The highest BCUT2D eigenvalue weighted by Crippen LogP contribution is 2.60. The molecule has 26 heavy (non-hydrogen) atoms. The molecule has 1 heterocycles. The Morgan fingerprint density at radius 2 is 2.00 bits per heavy atom. The Kier molecular flexibility index (Phi) is 6.00. The Hall–Kier alpha value is -1.24. The van der Waals surface area contributed by atoms with E-state index in [2.05, 4.69) is 31.2 Å². The van der Waals surface area contributed by atoms with Crippen LogP contribution in [0.15, 0.2) is 22.8 Å². The number of nitrogens with two attached hydrogens (primary N) is 1. The number of nitrogens with zero attached hydrogens (tertiary/aromatic N) is 2. The maximum absolute atomic E-state index is 14.0. The molecule has 0 saturated carbocycles. The number of halogens is 3. The van der Waals surface area contributed by atoms with E-state index < -0.39 is 28.8 Å². The molecule has 0 radical (unpaired) electrons. The van der Waals surface area contributed by atoms with Crippen molar-refractivity contribution in [3.63, 3.8) is 0 Å². The first kappa shape index (κ1) is 21.1. The number of hydrogen-bond acceptors (Lipinski definition) is 6. The summed E-state index contributed by atoms with van der Waals surface area (Å²) >= 11 is 2.87. The number of aromatic nitrogens is 2. The van der Waals surface area contributed by atoms with Crippen molar-refractivity contribution < 1.29 is 31.6 Å². The molecule has 0 aliphatic heterocycles. The van der Waals surface area contributed by atoms with Gasteiger partial charge >= 0.3 is 13.3 Å². The average molecular weight is 475 g/mol. The Balaban J connectivity index is 2.31. The van der Waals surface area contributed by atoms with E-state index in [-0.39, 0.29) is 34.7 Å². The summed E-state index contributed by atoms with van der Waals surface area (Å²) in [5, 5.41) is 7.95. The summed E-state index contributed by atoms with van der Waals surface area (Å²) < 4.78 is 60.6. The van der Waals surface area contributed by atoms with Crippen LogP contribution >= 0.6 is 23.5 Å². The highest BCUT2D eigenvalue weighted by atomic mass is 79.9. The molecule has 9 nitrogen and oxygen atoms in total. The Morgan fingerprint density at radius 1 is 1.35 bits per heavy atom. The number of benzene rings is 1. The highest BCUT2D eigenvalue weighted by Gasteiger charge is 2.51. The predicted molar refractivity (Wildman–Crippen MR) is 94.3 cm³/mol. The second-order valence-corrected chi connectivity index (χ2v) is 9.56. The third-order valence-corrected chi connectivity index (χ3v) is 5.73. The smallest absolute Gasteiger partial charge is 0.354 e. The maximum Gasteiger partial charge on any atom is 0.399 e. The summed E-state index contributed by atoms with van der Waals surface area (Å²) in [5.74, 6) is -0.209. The van der Waals surface area contributed by atoms with E-state index in [1.165, 1.54) is 12.3 Å². The van der Waals surface area contributed by atoms with Crippen LogP contribution in [0.3, 0.4) is 0 Å². The van der Waals surface area contributed by atoms with Crippen LogP contribution in [-0.2, 0) is 20.3 Å². The lowest BCUT2D eigenvalue weighted by atomic mass is 10.1. The van der Waals surface area contributed by atoms with Gasteiger partial charge in [-0.25, -0.2) is 23.5 Å². The van der Waals surface area contributed by atoms with Gasteiger partial charge in [-0.2, -0.15) is 8.78 Å². The summed E-state index contributed by atoms with van der Waals surface area (Å²) in [6.45, 7) is 0.171. The SMILES string of the molecule is NS(=O)(=O)CCCNc1ncc2cc(Br)c(C(F)(F)P(=O)(O)O)cc2n1. The molecule has 14 heteroatoms. The molecule has 0 bridgehead atoms. The molecule has 144 valence electrons. The molecular weight excluding hydrogens is 461 g/mol. The van der Waals surface area contributed by atoms with Gasteiger partial charge in [0.05, 0.1) is 11.3 Å². The molecule has 0 fully saturated rings. The zero-order chi connectivity index (χ0) is 19.8. The monoisotopic (exact) mass is 474 g/mol. The third-order valence-electron chi connectivity index (χ3n) is 3.25. The van der Waals surface area contributed by atoms with Gasteiger partial charge in [-0.1, -0.05) is 15.9 Å². The van der Waals surface area contributed by atoms with Crippen LogP contribution in [0, 0.1) is 0 Å². The van der Waals surface area contributed by atoms with Crippen molar-refractivity contribution in [1.29, 1.82) is 0 Å². The van der Waals surface area contributed by atoms with E-state index >= 15 is 0 Å². The topological polar surface area (TPSA) is 156 Å². The Labute approximate surface area is 155 Å². The molecule has 0 saturated heterocycles. The molecule has 0 amide bonds. The molecule has 1 aromatic carbocycles. The lowest BCUT2D eigenvalue weighted by Gasteiger charge is -2.19. The highest BCUT2D eigenvalue weighted by molar-refractivity contribution is 9.10. The van der Waals surface area contributed by atoms with Crippen LogP contribution in [0.1, 0.15) is 12.0 Å². The summed E-state index contributed by atoms with van der Waals surface area (Å²) in [6, 6.07) is 2.08. The quantitative estimate of drug-likeness (QED) is 0.349. The van der Waals surface area contributed by atoms with Gasteiger partial charge < -0.3 is 15.1 Å². The van der Waals surface area contributed by atoms with Gasteiger partial charge in [0.2, 0.25) is 16.0 Å². The standard InChI is InChI=1S/C12H14BrF2N4O5PS/c13-9-4-7-6-18-11(17-2-1-3-26(16,23)24)19-10(7)5-8(9)12(14,15)25(20,21)22/h4-6H,1-3H2,(H2,16,23,24)(H,17,18,19)(H2,20,21,22). The minimum absolute atomic E-state index is 0.0280. The van der Waals surface area contributed by atoms with E-state index in [1.54, 1.807) is 0 Å². The van der Waals surface area contributed by atoms with Gasteiger partial charge in [0.15, 0.2) is 0 Å². The number of nitrogens with one attached hydrogen (secondary N) is 1. The van der Waals surface area contributed by atoms with Crippen molar-refractivity contribution in [3.8, 4) is 0 Å². The van der Waals surface area contributed by atoms with Crippen molar-refractivity contribution in [2.75, 3.05) is 17.6 Å². The molecule has 5 N–H and O–H groups in total. The van der Waals surface area contributed by atoms with Crippen LogP contribution < -0.4 is 10.5 Å². The largest absolute Gasteiger partial charge is 0.399 e. The number of sulfonamides is 1. The fourth-order valence-corrected chi connectivity index (χ4v) is 3.81. The van der Waals surface area contributed by atoms with E-state index in [0.29, 0.717) is 5.39 Å². The zero-order valence-corrected chi connectivity index (χ0v) is 16.2. The van der Waals surface area contributed by atoms with Crippen LogP contribution in [0.5, 0.6) is 0 Å². The van der Waals surface area contributed by atoms with E-state index in [4.69, 9.17) is 14.9 Å². The van der Waals surface area contributed by atoms with Gasteiger partial charge in [-0.3, -0.25) is 4.57 Å². The molecular formula is C12H14BrF2N4O5PS. The summed E-state index contributed by atoms with van der Waals surface area (Å²) in [5.41, 5.74) is -5.27. The average Bonchev–Trinajstić information content (AvgIpc) is 2.49. The van der Waals surface area contributed by atoms with Crippen molar-refractivity contribution in [3.05, 3.63) is 28.4 Å². The van der Waals surface area contributed by atoms with Crippen molar-refractivity contribution in [2.24, 2.45) is 5.14 Å². The van der Waals surface area contributed by atoms with E-state index in [0.717, 1.165) is 6.07 Å². The predicted octanol–water partition coefficient (Wildman–Crippen LogP) is 1.71. The van der Waals surface area contributed by atoms with Crippen LogP contribution in [0.2, 0.25) is 0 Å². The number of rotatable bonds is 7. The molecule has 2 rings (SSSR count). The van der Waals surface area contributed by atoms with Gasteiger partial charge in [-0.05, 0) is 18.6 Å². The number of fused-ring (bicyclic) bond motifs is 1. The molecule has 1 aromatic heterocycles.